The molecule has 2 fully saturated rings. The van der Waals surface area contributed by atoms with Gasteiger partial charge in [0.05, 0.1) is 7.11 Å². The van der Waals surface area contributed by atoms with Crippen molar-refractivity contribution in [1.82, 2.24) is 15.5 Å². The molecule has 42 heavy (non-hydrogen) atoms. The zero-order chi connectivity index (χ0) is 30.3. The predicted molar refractivity (Wildman–Crippen MR) is 148 cm³/mol. The van der Waals surface area contributed by atoms with Crippen LogP contribution in [0.5, 0.6) is 5.75 Å². The maximum atomic E-state index is 13.5. The first kappa shape index (κ1) is 28.7. The fourth-order valence-electron chi connectivity index (χ4n) is 5.02. The van der Waals surface area contributed by atoms with E-state index in [1.54, 1.807) is 44.2 Å². The number of aliphatic carboxylic acids is 1. The van der Waals surface area contributed by atoms with Gasteiger partial charge < -0.3 is 34.5 Å². The lowest BCUT2D eigenvalue weighted by Crippen LogP contribution is -2.71. The average molecular weight is 596 g/mol. The quantitative estimate of drug-likeness (QED) is 0.157. The van der Waals surface area contributed by atoms with Gasteiger partial charge in [0.15, 0.2) is 11.3 Å². The molecule has 0 bridgehead atoms. The number of ether oxygens (including phenoxy) is 2. The largest absolute Gasteiger partial charge is 0.513 e. The third-order valence-electron chi connectivity index (χ3n) is 6.97. The first-order chi connectivity index (χ1) is 19.9. The van der Waals surface area contributed by atoms with Gasteiger partial charge in [0, 0.05) is 10.1 Å². The summed E-state index contributed by atoms with van der Waals surface area (Å²) in [7, 11) is 1.11. The summed E-state index contributed by atoms with van der Waals surface area (Å²) < 4.78 is 14.0. The number of methoxy groups -OCH3 is 1. The van der Waals surface area contributed by atoms with Gasteiger partial charge in [-0.3, -0.25) is 14.4 Å². The average Bonchev–Trinajstić information content (AvgIpc) is 3.22. The lowest BCUT2D eigenvalue weighted by molar-refractivity contribution is -0.161. The SMILES string of the molecule is COC(=O)Oc1cccc2cc(C(=O)NC(C(=O)N[C@@H]3C(=O)N4[C@@H]3SC(C)(C)[C@@H]4C(=O)O)c3ccccc3)c(=O)oc12. The first-order valence-electron chi connectivity index (χ1n) is 12.6. The highest BCUT2D eigenvalue weighted by molar-refractivity contribution is 8.01. The molecule has 4 atom stereocenters. The summed E-state index contributed by atoms with van der Waals surface area (Å²) in [5, 5.41) is 14.5. The molecule has 0 spiro atoms. The summed E-state index contributed by atoms with van der Waals surface area (Å²) in [6, 6.07) is 10.5. The molecule has 3 aromatic rings. The normalized spacial score (nSPS) is 21.1. The number of β-lactam (4-membered cyclic amide) rings is 1. The van der Waals surface area contributed by atoms with E-state index in [9.17, 15) is 33.9 Å². The topological polar surface area (TPSA) is 182 Å². The highest BCUT2D eigenvalue weighted by Crippen LogP contribution is 2.50. The number of carboxylic acid groups (broad SMARTS) is 1. The first-order valence-corrected chi connectivity index (χ1v) is 13.5. The molecule has 0 radical (unpaired) electrons. The Kier molecular flexibility index (Phi) is 7.41. The molecule has 13 nitrogen and oxygen atoms in total. The predicted octanol–water partition coefficient (Wildman–Crippen LogP) is 2.04. The van der Waals surface area contributed by atoms with E-state index in [4.69, 9.17) is 9.15 Å². The fraction of sp³-hybridized carbons (Fsp3) is 0.286. The van der Waals surface area contributed by atoms with E-state index < -0.39 is 69.3 Å². The van der Waals surface area contributed by atoms with Crippen molar-refractivity contribution in [2.75, 3.05) is 7.11 Å². The minimum absolute atomic E-state index is 0.0912. The fourth-order valence-corrected chi connectivity index (χ4v) is 6.65. The number of carbonyl (C=O) groups is 5. The number of fused-ring (bicyclic) bond motifs is 2. The number of nitrogens with zero attached hydrogens (tertiary/aromatic N) is 1. The lowest BCUT2D eigenvalue weighted by atomic mass is 9.95. The maximum Gasteiger partial charge on any atom is 0.513 e. The van der Waals surface area contributed by atoms with Gasteiger partial charge in [0.1, 0.15) is 29.1 Å². The highest BCUT2D eigenvalue weighted by Gasteiger charge is 2.64. The van der Waals surface area contributed by atoms with E-state index >= 15 is 0 Å². The van der Waals surface area contributed by atoms with Crippen LogP contribution in [0.4, 0.5) is 4.79 Å². The molecule has 218 valence electrons. The zero-order valence-electron chi connectivity index (χ0n) is 22.5. The van der Waals surface area contributed by atoms with Gasteiger partial charge in [-0.2, -0.15) is 0 Å². The van der Waals surface area contributed by atoms with Crippen LogP contribution in [0, 0.1) is 0 Å². The van der Waals surface area contributed by atoms with Gasteiger partial charge in [-0.25, -0.2) is 14.4 Å². The Morgan fingerprint density at radius 2 is 1.79 bits per heavy atom. The second-order valence-electron chi connectivity index (χ2n) is 10.1. The van der Waals surface area contributed by atoms with Gasteiger partial charge in [0.2, 0.25) is 11.8 Å². The molecule has 1 unspecified atom stereocenters. The Hall–Kier alpha value is -4.85. The summed E-state index contributed by atoms with van der Waals surface area (Å²) in [6.45, 7) is 3.43. The Labute approximate surface area is 242 Å². The molecule has 0 saturated carbocycles. The van der Waals surface area contributed by atoms with Crippen LogP contribution in [0.2, 0.25) is 0 Å². The molecule has 1 aromatic heterocycles. The van der Waals surface area contributed by atoms with Gasteiger partial charge >= 0.3 is 17.8 Å². The van der Waals surface area contributed by atoms with Crippen molar-refractivity contribution in [3.8, 4) is 5.75 Å². The van der Waals surface area contributed by atoms with Crippen molar-refractivity contribution in [2.24, 2.45) is 0 Å². The number of para-hydroxylation sites is 1. The second-order valence-corrected chi connectivity index (χ2v) is 11.9. The summed E-state index contributed by atoms with van der Waals surface area (Å²) >= 11 is 1.26. The molecular weight excluding hydrogens is 570 g/mol. The number of amides is 3. The Balaban J connectivity index is 1.40. The van der Waals surface area contributed by atoms with Gasteiger partial charge in [-0.05, 0) is 31.5 Å². The number of nitrogens with one attached hydrogen (secondary N) is 2. The number of hydrogen-bond donors (Lipinski definition) is 3. The number of hydrogen-bond acceptors (Lipinski definition) is 10. The summed E-state index contributed by atoms with van der Waals surface area (Å²) in [6.07, 6.45) is -1.03. The number of carboxylic acids is 1. The van der Waals surface area contributed by atoms with Gasteiger partial charge in [0.25, 0.3) is 5.91 Å². The third kappa shape index (κ3) is 5.04. The third-order valence-corrected chi connectivity index (χ3v) is 8.54. The molecule has 5 rings (SSSR count). The molecular formula is C28H25N3O10S. The van der Waals surface area contributed by atoms with Crippen LogP contribution in [0.25, 0.3) is 11.0 Å². The van der Waals surface area contributed by atoms with Crippen LogP contribution in [0.3, 0.4) is 0 Å². The number of rotatable bonds is 7. The van der Waals surface area contributed by atoms with Crippen LogP contribution in [-0.4, -0.2) is 69.2 Å². The number of carbonyl (C=O) groups excluding carboxylic acids is 4. The van der Waals surface area contributed by atoms with E-state index in [1.165, 1.54) is 40.9 Å². The van der Waals surface area contributed by atoms with Crippen molar-refractivity contribution < 1.29 is 43.0 Å². The van der Waals surface area contributed by atoms with Crippen LogP contribution in [0.1, 0.15) is 35.8 Å². The molecule has 2 aliphatic rings. The van der Waals surface area contributed by atoms with Crippen molar-refractivity contribution in [3.05, 3.63) is 76.1 Å². The minimum atomic E-state index is -1.32. The van der Waals surface area contributed by atoms with E-state index in [2.05, 4.69) is 15.4 Å². The Morgan fingerprint density at radius 1 is 1.07 bits per heavy atom. The molecule has 3 heterocycles. The van der Waals surface area contributed by atoms with E-state index in [-0.39, 0.29) is 16.7 Å². The molecule has 0 aliphatic carbocycles. The van der Waals surface area contributed by atoms with Crippen molar-refractivity contribution in [3.63, 3.8) is 0 Å². The molecule has 14 heteroatoms. The van der Waals surface area contributed by atoms with E-state index in [1.807, 2.05) is 0 Å². The molecule has 2 saturated heterocycles. The van der Waals surface area contributed by atoms with Gasteiger partial charge in [-0.1, -0.05) is 42.5 Å². The maximum absolute atomic E-state index is 13.5. The molecule has 2 aromatic carbocycles. The summed E-state index contributed by atoms with van der Waals surface area (Å²) in [4.78, 5) is 77.2. The minimum Gasteiger partial charge on any atom is -0.480 e. The van der Waals surface area contributed by atoms with Crippen LogP contribution in [-0.2, 0) is 19.1 Å². The van der Waals surface area contributed by atoms with Gasteiger partial charge in [-0.15, -0.1) is 11.8 Å². The molecule has 2 aliphatic heterocycles. The second kappa shape index (κ2) is 10.9. The summed E-state index contributed by atoms with van der Waals surface area (Å²) in [5.41, 5.74) is -1.20. The highest BCUT2D eigenvalue weighted by atomic mass is 32.2. The Morgan fingerprint density at radius 3 is 2.45 bits per heavy atom. The summed E-state index contributed by atoms with van der Waals surface area (Å²) in [5.74, 6) is -3.44. The number of thioether (sulfide) groups is 1. The van der Waals surface area contributed by atoms with E-state index in [0.717, 1.165) is 7.11 Å². The smallest absolute Gasteiger partial charge is 0.480 e. The standard InChI is InChI=1S/C28H25N3O10S/c1-28(2)20(25(35)36)31-23(34)18(24(31)42-28)30-22(33)17(13-8-5-4-6-9-13)29-21(32)15-12-14-10-7-11-16(40-27(38)39-3)19(14)41-26(15)37/h4-12,17-18,20,24H,1-3H3,(H,29,32)(H,30,33)(H,35,36)/t17?,18-,20+,24-/m1/s1. The van der Waals surface area contributed by atoms with Crippen LogP contribution >= 0.6 is 11.8 Å². The number of benzene rings is 2. The molecule has 3 amide bonds. The van der Waals surface area contributed by atoms with Crippen LogP contribution in [0.15, 0.2) is 63.8 Å². The van der Waals surface area contributed by atoms with Crippen molar-refractivity contribution in [1.29, 1.82) is 0 Å². The lowest BCUT2D eigenvalue weighted by Gasteiger charge is -2.44. The Bertz CT molecular complexity index is 1670. The van der Waals surface area contributed by atoms with Crippen molar-refractivity contribution >= 4 is 52.6 Å². The zero-order valence-corrected chi connectivity index (χ0v) is 23.3. The molecule has 3 N–H and O–H groups in total. The van der Waals surface area contributed by atoms with Crippen molar-refractivity contribution in [2.45, 2.75) is 42.1 Å². The van der Waals surface area contributed by atoms with Crippen LogP contribution < -0.4 is 21.0 Å². The van der Waals surface area contributed by atoms with E-state index in [0.29, 0.717) is 5.56 Å². The monoisotopic (exact) mass is 595 g/mol.